The highest BCUT2D eigenvalue weighted by atomic mass is 16.6. The number of hydrogen-bond donors (Lipinski definition) is 0. The normalized spacial score (nSPS) is 27.3. The molecule has 0 saturated carbocycles. The lowest BCUT2D eigenvalue weighted by molar-refractivity contribution is -0.136. The van der Waals surface area contributed by atoms with E-state index in [4.69, 9.17) is 4.74 Å². The van der Waals surface area contributed by atoms with Crippen LogP contribution < -0.4 is 0 Å². The summed E-state index contributed by atoms with van der Waals surface area (Å²) in [6.45, 7) is 0.645. The molecule has 2 saturated heterocycles. The largest absolute Gasteiger partial charge is 0.366 e. The number of amides is 1. The van der Waals surface area contributed by atoms with Crippen LogP contribution in [-0.2, 0) is 16.1 Å². The molecule has 0 bridgehead atoms. The first-order valence-electron chi connectivity index (χ1n) is 7.37. The molecule has 3 heteroatoms. The highest BCUT2D eigenvalue weighted by Crippen LogP contribution is 2.45. The van der Waals surface area contributed by atoms with Crippen LogP contribution in [-0.4, -0.2) is 23.0 Å². The smallest absolute Gasteiger partial charge is 0.226 e. The molecule has 0 spiro atoms. The van der Waals surface area contributed by atoms with Crippen molar-refractivity contribution in [2.24, 2.45) is 0 Å². The van der Waals surface area contributed by atoms with Gasteiger partial charge in [-0.3, -0.25) is 4.79 Å². The quantitative estimate of drug-likeness (QED) is 0.809. The molecule has 4 rings (SSSR count). The van der Waals surface area contributed by atoms with E-state index in [1.54, 1.807) is 0 Å². The number of likely N-dealkylation sites (tertiary alicyclic amines) is 1. The van der Waals surface area contributed by atoms with Gasteiger partial charge in [0, 0.05) is 6.54 Å². The van der Waals surface area contributed by atoms with Crippen molar-refractivity contribution in [2.45, 2.75) is 31.2 Å². The van der Waals surface area contributed by atoms with E-state index in [-0.39, 0.29) is 24.2 Å². The van der Waals surface area contributed by atoms with Crippen LogP contribution in [0.4, 0.5) is 0 Å². The Kier molecular flexibility index (Phi) is 3.00. The molecule has 2 aromatic carbocycles. The van der Waals surface area contributed by atoms with Gasteiger partial charge in [-0.05, 0) is 11.1 Å². The molecule has 0 unspecified atom stereocenters. The monoisotopic (exact) mass is 279 g/mol. The van der Waals surface area contributed by atoms with Gasteiger partial charge in [0.1, 0.15) is 6.10 Å². The summed E-state index contributed by atoms with van der Waals surface area (Å²) >= 11 is 0. The van der Waals surface area contributed by atoms with Crippen LogP contribution in [0, 0.1) is 0 Å². The SMILES string of the molecule is O=C1C[C@@H]2O[C@@H]2[C@@H](c2ccccc2)N1Cc1ccccc1. The molecule has 3 nitrogen and oxygen atoms in total. The van der Waals surface area contributed by atoms with Crippen molar-refractivity contribution in [1.29, 1.82) is 0 Å². The Bertz CT molecular complexity index is 641. The van der Waals surface area contributed by atoms with Gasteiger partial charge in [0.15, 0.2) is 0 Å². The van der Waals surface area contributed by atoms with Crippen molar-refractivity contribution in [3.63, 3.8) is 0 Å². The number of piperidine rings is 1. The van der Waals surface area contributed by atoms with Gasteiger partial charge in [-0.25, -0.2) is 0 Å². The fraction of sp³-hybridized carbons (Fsp3) is 0.278. The molecule has 3 atom stereocenters. The zero-order chi connectivity index (χ0) is 14.2. The average Bonchev–Trinajstić information content (AvgIpc) is 3.28. The predicted molar refractivity (Wildman–Crippen MR) is 79.5 cm³/mol. The van der Waals surface area contributed by atoms with E-state index >= 15 is 0 Å². The summed E-state index contributed by atoms with van der Waals surface area (Å²) in [5, 5.41) is 0. The third kappa shape index (κ3) is 2.34. The van der Waals surface area contributed by atoms with Crippen LogP contribution in [0.1, 0.15) is 23.6 Å². The Morgan fingerprint density at radius 1 is 1.00 bits per heavy atom. The highest BCUT2D eigenvalue weighted by Gasteiger charge is 2.54. The molecule has 0 aromatic heterocycles. The molecule has 2 aromatic rings. The van der Waals surface area contributed by atoms with Crippen LogP contribution in [0.2, 0.25) is 0 Å². The first kappa shape index (κ1) is 12.6. The van der Waals surface area contributed by atoms with Gasteiger partial charge >= 0.3 is 0 Å². The second kappa shape index (κ2) is 5.01. The van der Waals surface area contributed by atoms with Crippen molar-refractivity contribution in [3.05, 3.63) is 71.8 Å². The Morgan fingerprint density at radius 3 is 2.38 bits per heavy atom. The summed E-state index contributed by atoms with van der Waals surface area (Å²) in [7, 11) is 0. The van der Waals surface area contributed by atoms with Gasteiger partial charge < -0.3 is 9.64 Å². The van der Waals surface area contributed by atoms with Gasteiger partial charge in [-0.2, -0.15) is 0 Å². The molecule has 0 aliphatic carbocycles. The van der Waals surface area contributed by atoms with E-state index in [2.05, 4.69) is 24.3 Å². The third-order valence-corrected chi connectivity index (χ3v) is 4.30. The Hall–Kier alpha value is -2.13. The number of carbonyl (C=O) groups excluding carboxylic acids is 1. The molecule has 0 N–H and O–H groups in total. The first-order chi connectivity index (χ1) is 10.3. The molecule has 106 valence electrons. The maximum Gasteiger partial charge on any atom is 0.226 e. The molecule has 0 radical (unpaired) electrons. The molecule has 21 heavy (non-hydrogen) atoms. The van der Waals surface area contributed by atoms with Gasteiger partial charge in [-0.1, -0.05) is 60.7 Å². The van der Waals surface area contributed by atoms with Gasteiger partial charge in [0.05, 0.1) is 18.6 Å². The second-order valence-corrected chi connectivity index (χ2v) is 5.71. The number of fused-ring (bicyclic) bond motifs is 1. The number of ether oxygens (including phenoxy) is 1. The molecule has 2 aliphatic rings. The lowest BCUT2D eigenvalue weighted by Crippen LogP contribution is -2.41. The molecular formula is C18H17NO2. The molecule has 2 heterocycles. The van der Waals surface area contributed by atoms with Gasteiger partial charge in [-0.15, -0.1) is 0 Å². The number of nitrogens with zero attached hydrogens (tertiary/aromatic N) is 1. The van der Waals surface area contributed by atoms with Crippen molar-refractivity contribution < 1.29 is 9.53 Å². The molecular weight excluding hydrogens is 262 g/mol. The maximum absolute atomic E-state index is 12.5. The van der Waals surface area contributed by atoms with E-state index in [1.807, 2.05) is 41.3 Å². The van der Waals surface area contributed by atoms with Crippen LogP contribution in [0.15, 0.2) is 60.7 Å². The maximum atomic E-state index is 12.5. The zero-order valence-electron chi connectivity index (χ0n) is 11.7. The molecule has 2 aliphatic heterocycles. The Balaban J connectivity index is 1.66. The fourth-order valence-corrected chi connectivity index (χ4v) is 3.21. The van der Waals surface area contributed by atoms with E-state index in [1.165, 1.54) is 0 Å². The number of benzene rings is 2. The van der Waals surface area contributed by atoms with Crippen LogP contribution in [0.3, 0.4) is 0 Å². The number of carbonyl (C=O) groups is 1. The topological polar surface area (TPSA) is 32.8 Å². The summed E-state index contributed by atoms with van der Waals surface area (Å²) < 4.78 is 5.72. The Labute approximate surface area is 124 Å². The minimum Gasteiger partial charge on any atom is -0.366 e. The van der Waals surface area contributed by atoms with Crippen molar-refractivity contribution in [1.82, 2.24) is 4.90 Å². The third-order valence-electron chi connectivity index (χ3n) is 4.30. The molecule has 1 amide bonds. The summed E-state index contributed by atoms with van der Waals surface area (Å²) in [4.78, 5) is 14.4. The summed E-state index contributed by atoms with van der Waals surface area (Å²) in [5.41, 5.74) is 2.32. The second-order valence-electron chi connectivity index (χ2n) is 5.71. The van der Waals surface area contributed by atoms with Gasteiger partial charge in [0.2, 0.25) is 5.91 Å². The van der Waals surface area contributed by atoms with E-state index in [9.17, 15) is 4.79 Å². The highest BCUT2D eigenvalue weighted by molar-refractivity contribution is 5.79. The minimum atomic E-state index is 0.0395. The lowest BCUT2D eigenvalue weighted by Gasteiger charge is -2.34. The predicted octanol–water partition coefficient (Wildman–Crippen LogP) is 2.93. The summed E-state index contributed by atoms with van der Waals surface area (Å²) in [5.74, 6) is 0.187. The van der Waals surface area contributed by atoms with Gasteiger partial charge in [0.25, 0.3) is 0 Å². The summed E-state index contributed by atoms with van der Waals surface area (Å²) in [6.07, 6.45) is 0.796. The van der Waals surface area contributed by atoms with E-state index < -0.39 is 0 Å². The minimum absolute atomic E-state index is 0.0395. The van der Waals surface area contributed by atoms with Crippen molar-refractivity contribution in [3.8, 4) is 0 Å². The van der Waals surface area contributed by atoms with Crippen LogP contribution >= 0.6 is 0 Å². The van der Waals surface area contributed by atoms with Crippen molar-refractivity contribution in [2.75, 3.05) is 0 Å². The van der Waals surface area contributed by atoms with E-state index in [0.717, 1.165) is 11.1 Å². The van der Waals surface area contributed by atoms with Crippen molar-refractivity contribution >= 4 is 5.91 Å². The van der Waals surface area contributed by atoms with Crippen LogP contribution in [0.25, 0.3) is 0 Å². The number of rotatable bonds is 3. The van der Waals surface area contributed by atoms with Crippen LogP contribution in [0.5, 0.6) is 0 Å². The zero-order valence-corrected chi connectivity index (χ0v) is 11.7. The number of epoxide rings is 1. The fourth-order valence-electron chi connectivity index (χ4n) is 3.21. The Morgan fingerprint density at radius 2 is 1.67 bits per heavy atom. The first-order valence-corrected chi connectivity index (χ1v) is 7.37. The molecule has 2 fully saturated rings. The standard InChI is InChI=1S/C18H17NO2/c20-16-11-15-18(21-15)17(14-9-5-2-6-10-14)19(16)12-13-7-3-1-4-8-13/h1-10,15,17-18H,11-12H2/t15-,17+,18-/m0/s1. The lowest BCUT2D eigenvalue weighted by atomic mass is 9.94. The average molecular weight is 279 g/mol. The van der Waals surface area contributed by atoms with E-state index in [0.29, 0.717) is 13.0 Å². The summed E-state index contributed by atoms with van der Waals surface area (Å²) in [6, 6.07) is 20.4. The number of hydrogen-bond acceptors (Lipinski definition) is 2.